The fraction of sp³-hybridized carbons (Fsp3) is 0.240. The SMILES string of the molecule is CN(C)S(=O)(=O)c1ccc2c(c1)CCN2C(=O)CN(c1cccc(C(F)(F)F)c1)S(=O)(=O)c1ccccc1. The largest absolute Gasteiger partial charge is 0.416 e. The Morgan fingerprint density at radius 2 is 1.55 bits per heavy atom. The second kappa shape index (κ2) is 10.0. The van der Waals surface area contributed by atoms with Crippen LogP contribution in [0.4, 0.5) is 24.5 Å². The first-order valence-electron chi connectivity index (χ1n) is 11.3. The van der Waals surface area contributed by atoms with Gasteiger partial charge in [-0.15, -0.1) is 0 Å². The zero-order valence-electron chi connectivity index (χ0n) is 20.4. The van der Waals surface area contributed by atoms with Gasteiger partial charge in [-0.2, -0.15) is 13.2 Å². The summed E-state index contributed by atoms with van der Waals surface area (Å²) in [6.45, 7) is -0.614. The van der Waals surface area contributed by atoms with Crippen LogP contribution >= 0.6 is 0 Å². The van der Waals surface area contributed by atoms with Crippen molar-refractivity contribution in [1.29, 1.82) is 0 Å². The Balaban J connectivity index is 1.71. The van der Waals surface area contributed by atoms with E-state index in [4.69, 9.17) is 0 Å². The van der Waals surface area contributed by atoms with Gasteiger partial charge in [0, 0.05) is 26.3 Å². The van der Waals surface area contributed by atoms with Crippen LogP contribution in [0.1, 0.15) is 11.1 Å². The first-order chi connectivity index (χ1) is 17.7. The van der Waals surface area contributed by atoms with Crippen molar-refractivity contribution < 1.29 is 34.8 Å². The van der Waals surface area contributed by atoms with Gasteiger partial charge in [0.1, 0.15) is 6.54 Å². The lowest BCUT2D eigenvalue weighted by molar-refractivity contribution is -0.137. The van der Waals surface area contributed by atoms with Crippen LogP contribution in [0.25, 0.3) is 0 Å². The minimum atomic E-state index is -4.72. The van der Waals surface area contributed by atoms with E-state index in [1.165, 1.54) is 67.5 Å². The van der Waals surface area contributed by atoms with Crippen LogP contribution < -0.4 is 9.21 Å². The molecule has 0 radical (unpaired) electrons. The number of benzene rings is 3. The van der Waals surface area contributed by atoms with Crippen molar-refractivity contribution in [2.24, 2.45) is 0 Å². The third-order valence-electron chi connectivity index (χ3n) is 6.10. The molecule has 0 saturated heterocycles. The number of anilines is 2. The van der Waals surface area contributed by atoms with Crippen molar-refractivity contribution in [3.63, 3.8) is 0 Å². The minimum absolute atomic E-state index is 0.0489. The zero-order chi connectivity index (χ0) is 27.9. The highest BCUT2D eigenvalue weighted by molar-refractivity contribution is 7.92. The number of carbonyl (C=O) groups excluding carboxylic acids is 1. The normalized spacial score (nSPS) is 14.0. The van der Waals surface area contributed by atoms with Crippen LogP contribution in [-0.2, 0) is 37.4 Å². The predicted octanol–water partition coefficient (Wildman–Crippen LogP) is 3.74. The number of alkyl halides is 3. The summed E-state index contributed by atoms with van der Waals surface area (Å²) >= 11 is 0. The molecule has 0 aromatic heterocycles. The third-order valence-corrected chi connectivity index (χ3v) is 9.70. The monoisotopic (exact) mass is 567 g/mol. The molecule has 0 atom stereocenters. The number of fused-ring (bicyclic) bond motifs is 1. The van der Waals surface area contributed by atoms with E-state index < -0.39 is 44.2 Å². The molecule has 8 nitrogen and oxygen atoms in total. The Kier molecular flexibility index (Phi) is 7.30. The molecule has 0 unspecified atom stereocenters. The highest BCUT2D eigenvalue weighted by Crippen LogP contribution is 2.35. The van der Waals surface area contributed by atoms with Gasteiger partial charge in [-0.3, -0.25) is 9.10 Å². The Morgan fingerprint density at radius 3 is 2.18 bits per heavy atom. The van der Waals surface area contributed by atoms with E-state index in [0.717, 1.165) is 16.4 Å². The minimum Gasteiger partial charge on any atom is -0.310 e. The molecule has 0 N–H and O–H groups in total. The van der Waals surface area contributed by atoms with Crippen molar-refractivity contribution in [3.8, 4) is 0 Å². The first kappa shape index (κ1) is 27.6. The molecular formula is C25H24F3N3O5S2. The number of hydrogen-bond donors (Lipinski definition) is 0. The number of amides is 1. The predicted molar refractivity (Wildman–Crippen MR) is 136 cm³/mol. The lowest BCUT2D eigenvalue weighted by Crippen LogP contribution is -2.42. The maximum absolute atomic E-state index is 13.5. The maximum atomic E-state index is 13.5. The Hall–Kier alpha value is -3.42. The first-order valence-corrected chi connectivity index (χ1v) is 14.2. The summed E-state index contributed by atoms with van der Waals surface area (Å²) in [5.41, 5.74) is -0.382. The van der Waals surface area contributed by atoms with Gasteiger partial charge in [0.05, 0.1) is 21.0 Å². The molecule has 1 aliphatic heterocycles. The van der Waals surface area contributed by atoms with E-state index in [1.807, 2.05) is 0 Å². The number of sulfonamides is 2. The lowest BCUT2D eigenvalue weighted by atomic mass is 10.2. The van der Waals surface area contributed by atoms with Gasteiger partial charge in [0.15, 0.2) is 0 Å². The van der Waals surface area contributed by atoms with Crippen LogP contribution in [0.5, 0.6) is 0 Å². The lowest BCUT2D eigenvalue weighted by Gasteiger charge is -2.27. The molecule has 1 amide bonds. The summed E-state index contributed by atoms with van der Waals surface area (Å²) in [7, 11) is -5.33. The van der Waals surface area contributed by atoms with E-state index >= 15 is 0 Å². The third kappa shape index (κ3) is 5.26. The summed E-state index contributed by atoms with van der Waals surface area (Å²) in [5.74, 6) is -0.677. The van der Waals surface area contributed by atoms with E-state index in [-0.39, 0.29) is 22.0 Å². The molecule has 202 valence electrons. The van der Waals surface area contributed by atoms with Gasteiger partial charge in [0.2, 0.25) is 15.9 Å². The van der Waals surface area contributed by atoms with Gasteiger partial charge in [0.25, 0.3) is 10.0 Å². The number of carbonyl (C=O) groups is 1. The second-order valence-electron chi connectivity index (χ2n) is 8.75. The molecule has 13 heteroatoms. The Bertz CT molecular complexity index is 1580. The highest BCUT2D eigenvalue weighted by atomic mass is 32.2. The topological polar surface area (TPSA) is 95.1 Å². The van der Waals surface area contributed by atoms with Gasteiger partial charge in [-0.25, -0.2) is 21.1 Å². The molecule has 0 bridgehead atoms. The van der Waals surface area contributed by atoms with E-state index in [9.17, 15) is 34.8 Å². The highest BCUT2D eigenvalue weighted by Gasteiger charge is 2.35. The average Bonchev–Trinajstić information content (AvgIpc) is 3.30. The van der Waals surface area contributed by atoms with Crippen LogP contribution in [0, 0.1) is 0 Å². The van der Waals surface area contributed by atoms with Crippen LogP contribution in [0.15, 0.2) is 82.6 Å². The van der Waals surface area contributed by atoms with Gasteiger partial charge in [-0.1, -0.05) is 24.3 Å². The smallest absolute Gasteiger partial charge is 0.310 e. The summed E-state index contributed by atoms with van der Waals surface area (Å²) in [6.07, 6.45) is -4.40. The molecule has 1 heterocycles. The van der Waals surface area contributed by atoms with Crippen molar-refractivity contribution in [2.75, 3.05) is 36.4 Å². The Labute approximate surface area is 219 Å². The second-order valence-corrected chi connectivity index (χ2v) is 12.8. The standard InChI is InChI=1S/C25H24F3N3O5S2/c1-29(2)37(33,34)22-11-12-23-18(15-22)13-14-30(23)24(32)17-31(38(35,36)21-9-4-3-5-10-21)20-8-6-7-19(16-20)25(26,27)28/h3-12,15-16H,13-14,17H2,1-2H3. The van der Waals surface area contributed by atoms with Crippen molar-refractivity contribution in [1.82, 2.24) is 4.31 Å². The van der Waals surface area contributed by atoms with Crippen molar-refractivity contribution in [2.45, 2.75) is 22.4 Å². The van der Waals surface area contributed by atoms with Crippen LogP contribution in [-0.4, -0.2) is 54.2 Å². The maximum Gasteiger partial charge on any atom is 0.416 e. The van der Waals surface area contributed by atoms with Crippen molar-refractivity contribution in [3.05, 3.63) is 83.9 Å². The number of halogens is 3. The van der Waals surface area contributed by atoms with Gasteiger partial charge < -0.3 is 4.90 Å². The van der Waals surface area contributed by atoms with E-state index in [1.54, 1.807) is 6.07 Å². The summed E-state index contributed by atoms with van der Waals surface area (Å²) in [4.78, 5) is 14.6. The van der Waals surface area contributed by atoms with Gasteiger partial charge >= 0.3 is 6.18 Å². The molecule has 38 heavy (non-hydrogen) atoms. The molecule has 0 fully saturated rings. The molecular weight excluding hydrogens is 543 g/mol. The fourth-order valence-corrected chi connectivity index (χ4v) is 6.47. The fourth-order valence-electron chi connectivity index (χ4n) is 4.09. The Morgan fingerprint density at radius 1 is 0.868 bits per heavy atom. The summed E-state index contributed by atoms with van der Waals surface area (Å²) in [5, 5.41) is 0. The molecule has 3 aromatic rings. The summed E-state index contributed by atoms with van der Waals surface area (Å²) in [6, 6.07) is 15.2. The number of rotatable bonds is 7. The molecule has 1 aliphatic rings. The number of hydrogen-bond acceptors (Lipinski definition) is 5. The van der Waals surface area contributed by atoms with Gasteiger partial charge in [-0.05, 0) is 60.5 Å². The zero-order valence-corrected chi connectivity index (χ0v) is 22.0. The molecule has 3 aromatic carbocycles. The number of nitrogens with zero attached hydrogens (tertiary/aromatic N) is 3. The quantitative estimate of drug-likeness (QED) is 0.434. The molecule has 0 aliphatic carbocycles. The van der Waals surface area contributed by atoms with E-state index in [2.05, 4.69) is 0 Å². The average molecular weight is 568 g/mol. The van der Waals surface area contributed by atoms with Crippen LogP contribution in [0.2, 0.25) is 0 Å². The molecule has 4 rings (SSSR count). The summed E-state index contributed by atoms with van der Waals surface area (Å²) < 4.78 is 93.9. The van der Waals surface area contributed by atoms with Crippen LogP contribution in [0.3, 0.4) is 0 Å². The van der Waals surface area contributed by atoms with E-state index in [0.29, 0.717) is 28.0 Å². The van der Waals surface area contributed by atoms with Crippen molar-refractivity contribution >= 4 is 37.3 Å². The molecule has 0 saturated carbocycles. The molecule has 0 spiro atoms.